The second kappa shape index (κ2) is 6.90. The molecule has 0 spiro atoms. The van der Waals surface area contributed by atoms with E-state index >= 15 is 0 Å². The molecule has 3 rings (SSSR count). The van der Waals surface area contributed by atoms with E-state index in [1.807, 2.05) is 0 Å². The Labute approximate surface area is 150 Å². The standard InChI is InChI=1S/C19H24O7/c1-19(2,23)15-7-11-12(26-15)8-13-16(18(11)24-3)17(22)10(5-4-6-20)14(9-21)25-13/h8,15,20-21,23H,4-7,9H2,1-3H3/t15-/m0/s1. The Morgan fingerprint density at radius 3 is 2.65 bits per heavy atom. The summed E-state index contributed by atoms with van der Waals surface area (Å²) in [5, 5.41) is 29.2. The van der Waals surface area contributed by atoms with E-state index in [1.54, 1.807) is 19.9 Å². The molecule has 1 aliphatic heterocycles. The average Bonchev–Trinajstić information content (AvgIpc) is 3.03. The average molecular weight is 364 g/mol. The summed E-state index contributed by atoms with van der Waals surface area (Å²) in [6.07, 6.45) is 0.628. The minimum Gasteiger partial charge on any atom is -0.495 e. The van der Waals surface area contributed by atoms with E-state index in [1.165, 1.54) is 7.11 Å². The van der Waals surface area contributed by atoms with Crippen molar-refractivity contribution < 1.29 is 29.2 Å². The van der Waals surface area contributed by atoms with Crippen molar-refractivity contribution in [3.8, 4) is 11.5 Å². The lowest BCUT2D eigenvalue weighted by atomic mass is 9.95. The van der Waals surface area contributed by atoms with Crippen LogP contribution in [0.25, 0.3) is 11.0 Å². The number of aliphatic hydroxyl groups is 3. The van der Waals surface area contributed by atoms with Gasteiger partial charge in [-0.05, 0) is 26.7 Å². The molecule has 0 amide bonds. The largest absolute Gasteiger partial charge is 0.495 e. The molecule has 142 valence electrons. The van der Waals surface area contributed by atoms with E-state index in [4.69, 9.17) is 19.0 Å². The molecule has 0 saturated heterocycles. The van der Waals surface area contributed by atoms with E-state index < -0.39 is 18.3 Å². The van der Waals surface area contributed by atoms with Crippen LogP contribution in [0.2, 0.25) is 0 Å². The third kappa shape index (κ3) is 3.06. The molecule has 0 unspecified atom stereocenters. The fourth-order valence-electron chi connectivity index (χ4n) is 3.35. The molecule has 2 heterocycles. The van der Waals surface area contributed by atoms with Gasteiger partial charge in [0, 0.05) is 30.2 Å². The molecule has 0 saturated carbocycles. The first-order chi connectivity index (χ1) is 12.3. The molecular weight excluding hydrogens is 340 g/mol. The van der Waals surface area contributed by atoms with Gasteiger partial charge in [-0.25, -0.2) is 0 Å². The fourth-order valence-corrected chi connectivity index (χ4v) is 3.35. The number of ether oxygens (including phenoxy) is 2. The Balaban J connectivity index is 2.24. The highest BCUT2D eigenvalue weighted by Gasteiger charge is 2.38. The van der Waals surface area contributed by atoms with Gasteiger partial charge in [0.25, 0.3) is 0 Å². The van der Waals surface area contributed by atoms with Crippen molar-refractivity contribution in [2.45, 2.75) is 51.4 Å². The summed E-state index contributed by atoms with van der Waals surface area (Å²) < 4.78 is 17.1. The van der Waals surface area contributed by atoms with Gasteiger partial charge in [0.2, 0.25) is 0 Å². The summed E-state index contributed by atoms with van der Waals surface area (Å²) in [7, 11) is 1.47. The molecular formula is C19H24O7. The molecule has 0 aliphatic carbocycles. The van der Waals surface area contributed by atoms with Crippen molar-refractivity contribution in [3.05, 3.63) is 33.2 Å². The van der Waals surface area contributed by atoms with E-state index in [-0.39, 0.29) is 28.8 Å². The van der Waals surface area contributed by atoms with Crippen molar-refractivity contribution in [1.29, 1.82) is 0 Å². The molecule has 1 aromatic heterocycles. The van der Waals surface area contributed by atoms with Crippen molar-refractivity contribution in [3.63, 3.8) is 0 Å². The van der Waals surface area contributed by atoms with Gasteiger partial charge in [-0.3, -0.25) is 4.79 Å². The predicted molar refractivity (Wildman–Crippen MR) is 94.8 cm³/mol. The number of hydrogen-bond donors (Lipinski definition) is 3. The van der Waals surface area contributed by atoms with Crippen LogP contribution in [0.4, 0.5) is 0 Å². The quantitative estimate of drug-likeness (QED) is 0.709. The molecule has 1 aliphatic rings. The summed E-state index contributed by atoms with van der Waals surface area (Å²) in [5.74, 6) is 1.04. The maximum atomic E-state index is 13.0. The van der Waals surface area contributed by atoms with Gasteiger partial charge in [0.15, 0.2) is 5.43 Å². The third-order valence-electron chi connectivity index (χ3n) is 4.76. The Morgan fingerprint density at radius 1 is 1.35 bits per heavy atom. The lowest BCUT2D eigenvalue weighted by Crippen LogP contribution is -2.39. The number of aliphatic hydroxyl groups excluding tert-OH is 2. The van der Waals surface area contributed by atoms with Crippen LogP contribution in [0.1, 0.15) is 37.2 Å². The Kier molecular flexibility index (Phi) is 4.96. The molecule has 3 N–H and O–H groups in total. The molecule has 0 radical (unpaired) electrons. The second-order valence-electron chi connectivity index (χ2n) is 7.04. The van der Waals surface area contributed by atoms with Crippen molar-refractivity contribution in [1.82, 2.24) is 0 Å². The van der Waals surface area contributed by atoms with Crippen molar-refractivity contribution in [2.75, 3.05) is 13.7 Å². The van der Waals surface area contributed by atoms with Crippen LogP contribution in [0.15, 0.2) is 15.3 Å². The van der Waals surface area contributed by atoms with Gasteiger partial charge in [-0.1, -0.05) is 0 Å². The fraction of sp³-hybridized carbons (Fsp3) is 0.526. The SMILES string of the molecule is COc1c2c(cc3oc(CO)c(CCCO)c(=O)c13)O[C@H](C(C)(C)O)C2. The highest BCUT2D eigenvalue weighted by molar-refractivity contribution is 5.88. The third-order valence-corrected chi connectivity index (χ3v) is 4.76. The number of benzene rings is 1. The second-order valence-corrected chi connectivity index (χ2v) is 7.04. The van der Waals surface area contributed by atoms with Crippen LogP contribution >= 0.6 is 0 Å². The molecule has 1 aromatic carbocycles. The Hall–Kier alpha value is -2.09. The number of hydrogen-bond acceptors (Lipinski definition) is 7. The molecule has 2 aromatic rings. The first-order valence-electron chi connectivity index (χ1n) is 8.61. The zero-order valence-corrected chi connectivity index (χ0v) is 15.2. The first kappa shape index (κ1) is 18.7. The number of rotatable bonds is 6. The maximum Gasteiger partial charge on any atom is 0.200 e. The van der Waals surface area contributed by atoms with Crippen molar-refractivity contribution >= 4 is 11.0 Å². The van der Waals surface area contributed by atoms with Gasteiger partial charge in [-0.2, -0.15) is 0 Å². The lowest BCUT2D eigenvalue weighted by Gasteiger charge is -2.24. The zero-order valence-electron chi connectivity index (χ0n) is 15.2. The number of methoxy groups -OCH3 is 1. The van der Waals surface area contributed by atoms with Crippen LogP contribution in [0.5, 0.6) is 11.5 Å². The lowest BCUT2D eigenvalue weighted by molar-refractivity contribution is -0.0229. The van der Waals surface area contributed by atoms with Gasteiger partial charge in [-0.15, -0.1) is 0 Å². The maximum absolute atomic E-state index is 13.0. The minimum atomic E-state index is -1.06. The normalized spacial score (nSPS) is 16.6. The molecule has 0 bridgehead atoms. The topological polar surface area (TPSA) is 109 Å². The number of fused-ring (bicyclic) bond motifs is 2. The highest BCUT2D eigenvalue weighted by Crippen LogP contribution is 2.43. The monoisotopic (exact) mass is 364 g/mol. The molecule has 1 atom stereocenters. The van der Waals surface area contributed by atoms with Crippen LogP contribution in [-0.2, 0) is 19.4 Å². The van der Waals surface area contributed by atoms with Gasteiger partial charge in [0.05, 0.1) is 12.7 Å². The highest BCUT2D eigenvalue weighted by atomic mass is 16.5. The molecule has 0 fully saturated rings. The van der Waals surface area contributed by atoms with Crippen LogP contribution in [0.3, 0.4) is 0 Å². The zero-order chi connectivity index (χ0) is 19.1. The van der Waals surface area contributed by atoms with E-state index in [2.05, 4.69) is 0 Å². The molecule has 7 heteroatoms. The van der Waals surface area contributed by atoms with E-state index in [9.17, 15) is 15.0 Å². The van der Waals surface area contributed by atoms with Gasteiger partial charge in [0.1, 0.15) is 40.9 Å². The van der Waals surface area contributed by atoms with Crippen molar-refractivity contribution in [2.24, 2.45) is 0 Å². The summed E-state index contributed by atoms with van der Waals surface area (Å²) in [5.41, 5.74) is -0.0284. The smallest absolute Gasteiger partial charge is 0.200 e. The van der Waals surface area contributed by atoms with E-state index in [0.717, 1.165) is 0 Å². The first-order valence-corrected chi connectivity index (χ1v) is 8.61. The van der Waals surface area contributed by atoms with Crippen LogP contribution < -0.4 is 14.9 Å². The Bertz CT molecular complexity index is 876. The van der Waals surface area contributed by atoms with E-state index in [0.29, 0.717) is 41.9 Å². The summed E-state index contributed by atoms with van der Waals surface area (Å²) in [6.45, 7) is 2.84. The molecule has 26 heavy (non-hydrogen) atoms. The van der Waals surface area contributed by atoms with Crippen LogP contribution in [-0.4, -0.2) is 40.7 Å². The Morgan fingerprint density at radius 2 is 2.08 bits per heavy atom. The van der Waals surface area contributed by atoms with Gasteiger partial charge >= 0.3 is 0 Å². The van der Waals surface area contributed by atoms with Crippen LogP contribution in [0, 0.1) is 0 Å². The summed E-state index contributed by atoms with van der Waals surface area (Å²) in [4.78, 5) is 13.0. The summed E-state index contributed by atoms with van der Waals surface area (Å²) in [6, 6.07) is 1.61. The van der Waals surface area contributed by atoms with Gasteiger partial charge < -0.3 is 29.2 Å². The summed E-state index contributed by atoms with van der Waals surface area (Å²) >= 11 is 0. The molecule has 7 nitrogen and oxygen atoms in total. The predicted octanol–water partition coefficient (Wildman–Crippen LogP) is 1.29. The minimum absolute atomic E-state index is 0.0647.